The molecule has 0 bridgehead atoms. The van der Waals surface area contributed by atoms with E-state index in [1.54, 1.807) is 23.3 Å². The largest absolute Gasteiger partial charge is 0.383 e. The zero-order valence-corrected chi connectivity index (χ0v) is 12.1. The fourth-order valence-electron chi connectivity index (χ4n) is 1.83. The van der Waals surface area contributed by atoms with Gasteiger partial charge in [0.1, 0.15) is 11.4 Å². The summed E-state index contributed by atoms with van der Waals surface area (Å²) < 4.78 is 1.51. The molecule has 0 saturated heterocycles. The van der Waals surface area contributed by atoms with E-state index < -0.39 is 0 Å². The summed E-state index contributed by atoms with van der Waals surface area (Å²) in [5.74, 6) is 0.329. The van der Waals surface area contributed by atoms with Crippen LogP contribution < -0.4 is 5.73 Å². The fraction of sp³-hybridized carbons (Fsp3) is 0.385. The van der Waals surface area contributed by atoms with Crippen molar-refractivity contribution in [2.24, 2.45) is 7.05 Å². The van der Waals surface area contributed by atoms with Crippen LogP contribution in [0.5, 0.6) is 0 Å². The number of anilines is 1. The molecule has 6 heteroatoms. The van der Waals surface area contributed by atoms with Crippen molar-refractivity contribution in [3.8, 4) is 0 Å². The number of nitrogens with two attached hydrogens (primary N) is 1. The lowest BCUT2D eigenvalue weighted by molar-refractivity contribution is 0.0693. The zero-order valence-electron chi connectivity index (χ0n) is 11.3. The minimum Gasteiger partial charge on any atom is -0.383 e. The molecular formula is C13H18N4OS. The molecule has 2 heterocycles. The van der Waals surface area contributed by atoms with Crippen LogP contribution in [0.25, 0.3) is 0 Å². The van der Waals surface area contributed by atoms with Crippen molar-refractivity contribution >= 4 is 23.1 Å². The molecule has 102 valence electrons. The Bertz CT molecular complexity index is 559. The van der Waals surface area contributed by atoms with Gasteiger partial charge in [0.15, 0.2) is 0 Å². The number of amides is 1. The third kappa shape index (κ3) is 2.78. The van der Waals surface area contributed by atoms with Gasteiger partial charge in [-0.15, -0.1) is 11.3 Å². The molecule has 0 aliphatic heterocycles. The van der Waals surface area contributed by atoms with Crippen molar-refractivity contribution in [3.63, 3.8) is 0 Å². The lowest BCUT2D eigenvalue weighted by atomic mass is 10.2. The Morgan fingerprint density at radius 3 is 2.79 bits per heavy atom. The lowest BCUT2D eigenvalue weighted by Crippen LogP contribution is -2.36. The minimum atomic E-state index is -0.0750. The third-order valence-electron chi connectivity index (χ3n) is 3.01. The number of nitrogen functional groups attached to an aromatic ring is 1. The molecule has 1 amide bonds. The number of aryl methyl sites for hydroxylation is 1. The normalized spacial score (nSPS) is 10.9. The third-order valence-corrected chi connectivity index (χ3v) is 3.87. The molecule has 2 aromatic heterocycles. The minimum absolute atomic E-state index is 0.0750. The van der Waals surface area contributed by atoms with E-state index >= 15 is 0 Å². The van der Waals surface area contributed by atoms with Gasteiger partial charge >= 0.3 is 0 Å². The summed E-state index contributed by atoms with van der Waals surface area (Å²) >= 11 is 1.64. The van der Waals surface area contributed by atoms with E-state index in [-0.39, 0.29) is 11.9 Å². The van der Waals surface area contributed by atoms with Gasteiger partial charge in [0.05, 0.1) is 12.7 Å². The second-order valence-corrected chi connectivity index (χ2v) is 5.71. The van der Waals surface area contributed by atoms with E-state index in [4.69, 9.17) is 5.73 Å². The molecule has 0 fully saturated rings. The summed E-state index contributed by atoms with van der Waals surface area (Å²) in [4.78, 5) is 15.5. The molecule has 0 radical (unpaired) electrons. The first kappa shape index (κ1) is 13.6. The predicted octanol–water partition coefficient (Wildman–Crippen LogP) is 2.11. The molecule has 2 aromatic rings. The number of aromatic nitrogens is 2. The van der Waals surface area contributed by atoms with Crippen LogP contribution in [-0.4, -0.2) is 26.6 Å². The van der Waals surface area contributed by atoms with Crippen molar-refractivity contribution in [1.82, 2.24) is 14.7 Å². The van der Waals surface area contributed by atoms with E-state index in [1.807, 2.05) is 31.4 Å². The first-order chi connectivity index (χ1) is 9.00. The molecule has 2 N–H and O–H groups in total. The molecule has 0 aromatic carbocycles. The smallest absolute Gasteiger partial charge is 0.259 e. The molecule has 0 spiro atoms. The average Bonchev–Trinajstić information content (AvgIpc) is 2.97. The number of thiophene rings is 1. The molecule has 5 nitrogen and oxygen atoms in total. The summed E-state index contributed by atoms with van der Waals surface area (Å²) in [6.07, 6.45) is 1.53. The second kappa shape index (κ2) is 5.44. The Labute approximate surface area is 116 Å². The maximum absolute atomic E-state index is 12.5. The number of hydrogen-bond donors (Lipinski definition) is 1. The topological polar surface area (TPSA) is 64.2 Å². The maximum atomic E-state index is 12.5. The highest BCUT2D eigenvalue weighted by Crippen LogP contribution is 2.19. The number of carbonyl (C=O) groups is 1. The Kier molecular flexibility index (Phi) is 3.90. The van der Waals surface area contributed by atoms with Crippen LogP contribution in [0.3, 0.4) is 0 Å². The van der Waals surface area contributed by atoms with Gasteiger partial charge in [0, 0.05) is 18.0 Å². The molecule has 2 rings (SSSR count). The van der Waals surface area contributed by atoms with Crippen molar-refractivity contribution < 1.29 is 4.79 Å². The first-order valence-corrected chi connectivity index (χ1v) is 6.99. The predicted molar refractivity (Wildman–Crippen MR) is 76.9 cm³/mol. The summed E-state index contributed by atoms with van der Waals surface area (Å²) in [7, 11) is 1.73. The quantitative estimate of drug-likeness (QED) is 0.931. The van der Waals surface area contributed by atoms with Gasteiger partial charge in [-0.2, -0.15) is 5.10 Å². The number of nitrogens with zero attached hydrogens (tertiary/aromatic N) is 3. The van der Waals surface area contributed by atoms with Crippen molar-refractivity contribution in [2.45, 2.75) is 26.4 Å². The van der Waals surface area contributed by atoms with E-state index in [0.717, 1.165) is 4.88 Å². The standard InChI is InChI=1S/C13H18N4OS/c1-9(2)17(8-10-5-4-6-19-10)13(18)11-7-15-16(3)12(11)14/h4-7,9H,8,14H2,1-3H3. The Morgan fingerprint density at radius 2 is 2.32 bits per heavy atom. The zero-order chi connectivity index (χ0) is 14.0. The SMILES string of the molecule is CC(C)N(Cc1cccs1)C(=O)c1cnn(C)c1N. The van der Waals surface area contributed by atoms with Gasteiger partial charge in [-0.25, -0.2) is 0 Å². The van der Waals surface area contributed by atoms with E-state index in [1.165, 1.54) is 10.9 Å². The number of carbonyl (C=O) groups excluding carboxylic acids is 1. The van der Waals surface area contributed by atoms with Crippen LogP contribution in [-0.2, 0) is 13.6 Å². The average molecular weight is 278 g/mol. The molecule has 0 saturated carbocycles. The van der Waals surface area contributed by atoms with E-state index in [9.17, 15) is 4.79 Å². The van der Waals surface area contributed by atoms with Crippen LogP contribution in [0.4, 0.5) is 5.82 Å². The second-order valence-electron chi connectivity index (χ2n) is 4.67. The highest BCUT2D eigenvalue weighted by atomic mass is 32.1. The first-order valence-electron chi connectivity index (χ1n) is 6.11. The van der Waals surface area contributed by atoms with Crippen LogP contribution in [0.15, 0.2) is 23.7 Å². The lowest BCUT2D eigenvalue weighted by Gasteiger charge is -2.26. The summed E-state index contributed by atoms with van der Waals surface area (Å²) in [5, 5.41) is 6.03. The summed E-state index contributed by atoms with van der Waals surface area (Å²) in [5.41, 5.74) is 6.34. The van der Waals surface area contributed by atoms with Crippen LogP contribution in [0.1, 0.15) is 29.1 Å². The Balaban J connectivity index is 2.24. The van der Waals surface area contributed by atoms with Gasteiger partial charge in [-0.3, -0.25) is 9.48 Å². The highest BCUT2D eigenvalue weighted by molar-refractivity contribution is 7.09. The number of rotatable bonds is 4. The summed E-state index contributed by atoms with van der Waals surface area (Å²) in [6.45, 7) is 4.60. The monoisotopic (exact) mass is 278 g/mol. The van der Waals surface area contributed by atoms with Crippen molar-refractivity contribution in [1.29, 1.82) is 0 Å². The maximum Gasteiger partial charge on any atom is 0.259 e. The highest BCUT2D eigenvalue weighted by Gasteiger charge is 2.23. The van der Waals surface area contributed by atoms with Gasteiger partial charge < -0.3 is 10.6 Å². The Morgan fingerprint density at radius 1 is 1.58 bits per heavy atom. The molecule has 0 aliphatic carbocycles. The summed E-state index contributed by atoms with van der Waals surface area (Å²) in [6, 6.07) is 4.12. The molecule has 0 atom stereocenters. The van der Waals surface area contributed by atoms with E-state index in [2.05, 4.69) is 5.10 Å². The number of hydrogen-bond acceptors (Lipinski definition) is 4. The fourth-order valence-corrected chi connectivity index (χ4v) is 2.53. The molecule has 0 unspecified atom stereocenters. The van der Waals surface area contributed by atoms with Gasteiger partial charge in [-0.1, -0.05) is 6.07 Å². The van der Waals surface area contributed by atoms with Crippen LogP contribution in [0, 0.1) is 0 Å². The Hall–Kier alpha value is -1.82. The van der Waals surface area contributed by atoms with Crippen molar-refractivity contribution in [3.05, 3.63) is 34.2 Å². The van der Waals surface area contributed by atoms with Crippen LogP contribution in [0.2, 0.25) is 0 Å². The molecule has 19 heavy (non-hydrogen) atoms. The molecule has 0 aliphatic rings. The molecular weight excluding hydrogens is 260 g/mol. The van der Waals surface area contributed by atoms with Crippen molar-refractivity contribution in [2.75, 3.05) is 5.73 Å². The van der Waals surface area contributed by atoms with E-state index in [0.29, 0.717) is 17.9 Å². The van der Waals surface area contributed by atoms with Gasteiger partial charge in [-0.05, 0) is 25.3 Å². The van der Waals surface area contributed by atoms with Crippen LogP contribution >= 0.6 is 11.3 Å². The van der Waals surface area contributed by atoms with Gasteiger partial charge in [0.2, 0.25) is 0 Å². The van der Waals surface area contributed by atoms with Gasteiger partial charge in [0.25, 0.3) is 5.91 Å².